The summed E-state index contributed by atoms with van der Waals surface area (Å²) in [4.78, 5) is 35.5. The quantitative estimate of drug-likeness (QED) is 0.136. The zero-order valence-corrected chi connectivity index (χ0v) is 33.9. The first-order valence-electron chi connectivity index (χ1n) is 21.8. The van der Waals surface area contributed by atoms with E-state index in [2.05, 4.69) is 23.5 Å². The van der Waals surface area contributed by atoms with E-state index in [4.69, 9.17) is 14.7 Å². The highest BCUT2D eigenvalue weighted by molar-refractivity contribution is 5.95. The number of carbonyl (C=O) groups is 3. The summed E-state index contributed by atoms with van der Waals surface area (Å²) in [6, 6.07) is 18.1. The van der Waals surface area contributed by atoms with Gasteiger partial charge in [-0.05, 0) is 207 Å². The maximum Gasteiger partial charge on any atom is 0.338 e. The molecule has 0 bridgehead atoms. The van der Waals surface area contributed by atoms with Crippen molar-refractivity contribution in [2.75, 3.05) is 27.3 Å². The number of rotatable bonds is 5. The highest BCUT2D eigenvalue weighted by Crippen LogP contribution is 2.58. The monoisotopic (exact) mass is 772 g/mol. The van der Waals surface area contributed by atoms with Crippen LogP contribution in [0.1, 0.15) is 135 Å². The number of ether oxygens (including phenoxy) is 2. The van der Waals surface area contributed by atoms with Gasteiger partial charge in [0.25, 0.3) is 5.91 Å². The van der Waals surface area contributed by atoms with Gasteiger partial charge in [-0.1, -0.05) is 36.4 Å². The largest absolute Gasteiger partial charge is 0.465 e. The number of hydrogen-bond acceptors (Lipinski definition) is 7. The van der Waals surface area contributed by atoms with Crippen LogP contribution in [0, 0.1) is 39.9 Å². The molecule has 1 heterocycles. The molecule has 8 heteroatoms. The summed E-state index contributed by atoms with van der Waals surface area (Å²) in [5.41, 5.74) is 12.9. The molecule has 3 spiro atoms. The topological polar surface area (TPSA) is 114 Å². The first-order valence-corrected chi connectivity index (χ1v) is 21.8. The maximum atomic E-state index is 11.9. The summed E-state index contributed by atoms with van der Waals surface area (Å²) < 4.78 is 9.80. The van der Waals surface area contributed by atoms with Gasteiger partial charge in [-0.3, -0.25) is 10.0 Å². The summed E-state index contributed by atoms with van der Waals surface area (Å²) in [6.07, 6.45) is 21.7. The number of fused-ring (bicyclic) bond motifs is 3. The van der Waals surface area contributed by atoms with Gasteiger partial charge >= 0.3 is 11.9 Å². The number of nitrogens with one attached hydrogen (secondary N) is 2. The van der Waals surface area contributed by atoms with Crippen LogP contribution in [-0.4, -0.2) is 50.4 Å². The Balaban J connectivity index is 0.000000112. The average molecular weight is 773 g/mol. The van der Waals surface area contributed by atoms with Gasteiger partial charge in [0.2, 0.25) is 0 Å². The Morgan fingerprint density at radius 3 is 1.44 bits per heavy atom. The minimum absolute atomic E-state index is 0.171. The summed E-state index contributed by atoms with van der Waals surface area (Å²) in [6.45, 7) is 2.17. The van der Waals surface area contributed by atoms with Crippen molar-refractivity contribution in [1.29, 1.82) is 0 Å². The maximum absolute atomic E-state index is 11.9. The molecule has 0 aromatic heterocycles. The number of esters is 2. The molecular formula is C49H60N2O6. The molecule has 1 aliphatic heterocycles. The smallest absolute Gasteiger partial charge is 0.338 e. The fourth-order valence-corrected chi connectivity index (χ4v) is 12.6. The highest BCUT2D eigenvalue weighted by atomic mass is 16.5. The van der Waals surface area contributed by atoms with Crippen molar-refractivity contribution in [3.8, 4) is 0 Å². The third-order valence-corrected chi connectivity index (χ3v) is 15.7. The molecule has 4 saturated carbocycles. The summed E-state index contributed by atoms with van der Waals surface area (Å²) in [5, 5.41) is 12.3. The van der Waals surface area contributed by atoms with Gasteiger partial charge in [-0.15, -0.1) is 0 Å². The normalized spacial score (nSPS) is 29.9. The Hall–Kier alpha value is -4.01. The van der Waals surface area contributed by atoms with Crippen LogP contribution < -0.4 is 10.8 Å². The van der Waals surface area contributed by atoms with Gasteiger partial charge in [0.15, 0.2) is 0 Å². The van der Waals surface area contributed by atoms with Crippen LogP contribution in [0.5, 0.6) is 0 Å². The molecule has 3 aromatic carbocycles. The SMILES string of the molecule is COC(=O)c1cccc2c1CC1(CCC(C3CC3)C1)C2.COC(=O)c1cccc2c1CC1(CCNC1)C2.O=C(NO)c1cccc2c1CC1(CCC(C3CC3)C1)C2. The molecule has 11 rings (SSSR count). The standard InChI is InChI=1S/C18H22O2.C17H21NO2.C14H17NO2/c1-20-17(19)15-4-2-3-14-10-18(11-16(14)15)8-7-13(9-18)12-5-6-12;19-16(18-20)14-3-1-2-13-9-17(10-15(13)14)7-6-12(8-17)11-4-5-11;1-17-13(16)11-4-2-3-10-7-14(8-12(10)11)5-6-15-9-14/h2-4,12-13H,5-11H2,1H3;1-3,11-12,20H,4-10H2,(H,18,19);2-4,15H,5-9H2,1H3. The fourth-order valence-electron chi connectivity index (χ4n) is 12.6. The van der Waals surface area contributed by atoms with Gasteiger partial charge < -0.3 is 14.8 Å². The molecule has 5 unspecified atom stereocenters. The zero-order valence-electron chi connectivity index (χ0n) is 33.9. The Labute approximate surface area is 337 Å². The van der Waals surface area contributed by atoms with Gasteiger partial charge in [-0.2, -0.15) is 0 Å². The molecule has 3 N–H and O–H groups in total. The van der Waals surface area contributed by atoms with E-state index in [0.29, 0.717) is 21.8 Å². The van der Waals surface area contributed by atoms with E-state index in [-0.39, 0.29) is 17.8 Å². The number of amides is 1. The lowest BCUT2D eigenvalue weighted by atomic mass is 9.81. The second-order valence-corrected chi connectivity index (χ2v) is 19.4. The van der Waals surface area contributed by atoms with Crippen LogP contribution in [0.2, 0.25) is 0 Å². The minimum Gasteiger partial charge on any atom is -0.465 e. The number of carbonyl (C=O) groups excluding carboxylic acids is 3. The van der Waals surface area contributed by atoms with Crippen molar-refractivity contribution >= 4 is 17.8 Å². The van der Waals surface area contributed by atoms with E-state index in [1.165, 1.54) is 125 Å². The second kappa shape index (κ2) is 15.3. The predicted octanol–water partition coefficient (Wildman–Crippen LogP) is 8.42. The van der Waals surface area contributed by atoms with E-state index in [0.717, 1.165) is 80.0 Å². The molecule has 5 fully saturated rings. The van der Waals surface area contributed by atoms with Crippen LogP contribution >= 0.6 is 0 Å². The summed E-state index contributed by atoms with van der Waals surface area (Å²) in [5.74, 6) is 3.18. The minimum atomic E-state index is -0.365. The molecule has 1 saturated heterocycles. The third-order valence-electron chi connectivity index (χ3n) is 15.7. The lowest BCUT2D eigenvalue weighted by Gasteiger charge is -2.23. The van der Waals surface area contributed by atoms with Gasteiger partial charge in [0, 0.05) is 12.1 Å². The van der Waals surface area contributed by atoms with Crippen molar-refractivity contribution in [3.05, 3.63) is 105 Å². The molecule has 302 valence electrons. The van der Waals surface area contributed by atoms with E-state index in [9.17, 15) is 14.4 Å². The van der Waals surface area contributed by atoms with Gasteiger partial charge in [0.05, 0.1) is 25.3 Å². The molecule has 3 aromatic rings. The number of hydrogen-bond donors (Lipinski definition) is 3. The molecule has 0 radical (unpaired) electrons. The second-order valence-electron chi connectivity index (χ2n) is 19.4. The summed E-state index contributed by atoms with van der Waals surface area (Å²) >= 11 is 0. The molecule has 7 aliphatic carbocycles. The van der Waals surface area contributed by atoms with Gasteiger partial charge in [0.1, 0.15) is 0 Å². The number of benzene rings is 3. The first kappa shape index (κ1) is 38.5. The van der Waals surface area contributed by atoms with Crippen LogP contribution in [0.4, 0.5) is 0 Å². The predicted molar refractivity (Wildman–Crippen MR) is 218 cm³/mol. The number of methoxy groups -OCH3 is 2. The lowest BCUT2D eigenvalue weighted by Crippen LogP contribution is -2.24. The Morgan fingerprint density at radius 2 is 1.02 bits per heavy atom. The molecule has 1 amide bonds. The highest BCUT2D eigenvalue weighted by Gasteiger charge is 2.49. The molecule has 57 heavy (non-hydrogen) atoms. The Kier molecular flexibility index (Phi) is 10.3. The Bertz CT molecular complexity index is 1940. The van der Waals surface area contributed by atoms with Crippen LogP contribution in [0.25, 0.3) is 0 Å². The van der Waals surface area contributed by atoms with Crippen LogP contribution in [0.15, 0.2) is 54.6 Å². The molecular weight excluding hydrogens is 713 g/mol. The van der Waals surface area contributed by atoms with E-state index in [1.807, 2.05) is 36.4 Å². The first-order chi connectivity index (χ1) is 27.7. The molecule has 8 aliphatic rings. The van der Waals surface area contributed by atoms with Crippen LogP contribution in [-0.2, 0) is 48.0 Å². The van der Waals surface area contributed by atoms with E-state index >= 15 is 0 Å². The molecule has 8 nitrogen and oxygen atoms in total. The van der Waals surface area contributed by atoms with E-state index in [1.54, 1.807) is 5.48 Å². The average Bonchev–Trinajstić information content (AvgIpc) is 3.93. The van der Waals surface area contributed by atoms with Crippen molar-refractivity contribution in [2.24, 2.45) is 39.9 Å². The van der Waals surface area contributed by atoms with Crippen molar-refractivity contribution < 1.29 is 29.1 Å². The van der Waals surface area contributed by atoms with E-state index < -0.39 is 0 Å². The third kappa shape index (κ3) is 7.57. The zero-order chi connectivity index (χ0) is 39.4. The lowest BCUT2D eigenvalue weighted by molar-refractivity contribution is 0.0590. The number of hydroxylamine groups is 1. The van der Waals surface area contributed by atoms with Gasteiger partial charge in [-0.25, -0.2) is 15.1 Å². The van der Waals surface area contributed by atoms with Crippen molar-refractivity contribution in [2.45, 2.75) is 109 Å². The fraction of sp³-hybridized carbons (Fsp3) is 0.571. The molecule has 5 atom stereocenters. The Morgan fingerprint density at radius 1 is 0.579 bits per heavy atom. The summed E-state index contributed by atoms with van der Waals surface area (Å²) in [7, 11) is 2.93. The van der Waals surface area contributed by atoms with Crippen molar-refractivity contribution in [3.63, 3.8) is 0 Å². The van der Waals surface area contributed by atoms with Crippen LogP contribution in [0.3, 0.4) is 0 Å². The van der Waals surface area contributed by atoms with Crippen molar-refractivity contribution in [1.82, 2.24) is 10.8 Å².